The zero-order valence-electron chi connectivity index (χ0n) is 22.7. The number of amides is 1. The van der Waals surface area contributed by atoms with E-state index in [1.54, 1.807) is 36.3 Å². The summed E-state index contributed by atoms with van der Waals surface area (Å²) in [4.78, 5) is 21.3. The minimum absolute atomic E-state index is 0.00214. The second-order valence-electron chi connectivity index (χ2n) is 9.94. The molecule has 6 rings (SSSR count). The number of aryl methyl sites for hydroxylation is 1. The molecule has 0 aliphatic carbocycles. The number of anilines is 1. The van der Waals surface area contributed by atoms with E-state index in [0.29, 0.717) is 43.2 Å². The third-order valence-corrected chi connectivity index (χ3v) is 8.14. The average Bonchev–Trinajstić information content (AvgIpc) is 3.45. The van der Waals surface area contributed by atoms with Gasteiger partial charge in [-0.05, 0) is 66.6 Å². The Morgan fingerprint density at radius 2 is 1.71 bits per heavy atom. The summed E-state index contributed by atoms with van der Waals surface area (Å²) in [6.07, 6.45) is 3.53. The number of carbonyl (C=O) groups excluding carboxylic acids is 1. The van der Waals surface area contributed by atoms with E-state index in [9.17, 15) is 9.18 Å². The fourth-order valence-electron chi connectivity index (χ4n) is 4.98. The minimum Gasteiger partial charge on any atom is -0.366 e. The molecule has 9 heteroatoms. The highest BCUT2D eigenvalue weighted by Crippen LogP contribution is 2.30. The van der Waals surface area contributed by atoms with Crippen molar-refractivity contribution in [1.29, 1.82) is 0 Å². The van der Waals surface area contributed by atoms with Crippen LogP contribution in [-0.4, -0.2) is 56.7 Å². The van der Waals surface area contributed by atoms with Crippen LogP contribution in [0.1, 0.15) is 21.5 Å². The van der Waals surface area contributed by atoms with Gasteiger partial charge in [-0.1, -0.05) is 48.2 Å². The van der Waals surface area contributed by atoms with E-state index in [1.807, 2.05) is 58.3 Å². The van der Waals surface area contributed by atoms with Crippen molar-refractivity contribution in [2.24, 2.45) is 0 Å². The number of carbonyl (C=O) groups is 1. The number of piperazine rings is 1. The molecule has 1 amide bonds. The van der Waals surface area contributed by atoms with E-state index in [2.05, 4.69) is 44.9 Å². The van der Waals surface area contributed by atoms with Crippen LogP contribution in [0.4, 0.5) is 10.1 Å². The van der Waals surface area contributed by atoms with Crippen molar-refractivity contribution in [3.05, 3.63) is 120 Å². The normalized spacial score (nSPS) is 13.4. The van der Waals surface area contributed by atoms with Crippen LogP contribution in [0.3, 0.4) is 0 Å². The molecule has 7 nitrogen and oxygen atoms in total. The van der Waals surface area contributed by atoms with Gasteiger partial charge < -0.3 is 9.80 Å². The van der Waals surface area contributed by atoms with Crippen LogP contribution in [0.25, 0.3) is 17.1 Å². The molecule has 1 aliphatic heterocycles. The Morgan fingerprint density at radius 1 is 0.902 bits per heavy atom. The molecule has 2 aromatic heterocycles. The number of hydrogen-bond acceptors (Lipinski definition) is 6. The number of nitrogens with zero attached hydrogens (tertiary/aromatic N) is 6. The fraction of sp³-hybridized carbons (Fsp3) is 0.188. The van der Waals surface area contributed by atoms with Crippen LogP contribution in [-0.2, 0) is 5.75 Å². The molecule has 1 fully saturated rings. The van der Waals surface area contributed by atoms with Gasteiger partial charge in [-0.3, -0.25) is 14.3 Å². The summed E-state index contributed by atoms with van der Waals surface area (Å²) >= 11 is 1.60. The molecule has 1 aliphatic rings. The Morgan fingerprint density at radius 3 is 2.44 bits per heavy atom. The highest BCUT2D eigenvalue weighted by molar-refractivity contribution is 7.98. The number of hydrogen-bond donors (Lipinski definition) is 0. The number of pyridine rings is 1. The van der Waals surface area contributed by atoms with E-state index in [1.165, 1.54) is 6.07 Å². The lowest BCUT2D eigenvalue weighted by Crippen LogP contribution is -2.49. The number of thioether (sulfide) groups is 1. The monoisotopic (exact) mass is 564 g/mol. The van der Waals surface area contributed by atoms with Crippen molar-refractivity contribution in [3.63, 3.8) is 0 Å². The first kappa shape index (κ1) is 26.7. The van der Waals surface area contributed by atoms with Crippen LogP contribution in [0.2, 0.25) is 0 Å². The molecule has 0 N–H and O–H groups in total. The maximum atomic E-state index is 14.2. The molecule has 206 valence electrons. The van der Waals surface area contributed by atoms with Crippen LogP contribution >= 0.6 is 11.8 Å². The van der Waals surface area contributed by atoms with Gasteiger partial charge in [-0.2, -0.15) is 0 Å². The first-order chi connectivity index (χ1) is 20.1. The van der Waals surface area contributed by atoms with Gasteiger partial charge in [-0.15, -0.1) is 10.2 Å². The van der Waals surface area contributed by atoms with Crippen LogP contribution < -0.4 is 4.90 Å². The van der Waals surface area contributed by atoms with Gasteiger partial charge in [0.2, 0.25) is 0 Å². The summed E-state index contributed by atoms with van der Waals surface area (Å²) in [7, 11) is 0. The number of rotatable bonds is 7. The molecule has 41 heavy (non-hydrogen) atoms. The topological polar surface area (TPSA) is 67.2 Å². The van der Waals surface area contributed by atoms with E-state index < -0.39 is 0 Å². The lowest BCUT2D eigenvalue weighted by molar-refractivity contribution is 0.0746. The van der Waals surface area contributed by atoms with Gasteiger partial charge in [0.1, 0.15) is 5.82 Å². The molecule has 0 atom stereocenters. The fourth-order valence-corrected chi connectivity index (χ4v) is 5.89. The molecule has 0 bridgehead atoms. The predicted molar refractivity (Wildman–Crippen MR) is 160 cm³/mol. The lowest BCUT2D eigenvalue weighted by Gasteiger charge is -2.36. The van der Waals surface area contributed by atoms with Crippen molar-refractivity contribution >= 4 is 23.4 Å². The Bertz CT molecular complexity index is 1650. The zero-order chi connectivity index (χ0) is 28.2. The van der Waals surface area contributed by atoms with Crippen LogP contribution in [0.15, 0.2) is 102 Å². The Kier molecular flexibility index (Phi) is 7.78. The molecular weight excluding hydrogens is 535 g/mol. The maximum absolute atomic E-state index is 14.2. The quantitative estimate of drug-likeness (QED) is 0.225. The van der Waals surface area contributed by atoms with E-state index in [0.717, 1.165) is 33.4 Å². The largest absolute Gasteiger partial charge is 0.366 e. The summed E-state index contributed by atoms with van der Waals surface area (Å²) in [5, 5.41) is 9.79. The highest BCUT2D eigenvalue weighted by Gasteiger charge is 2.24. The molecule has 0 saturated carbocycles. The highest BCUT2D eigenvalue weighted by atomic mass is 32.2. The summed E-state index contributed by atoms with van der Waals surface area (Å²) < 4.78 is 16.2. The van der Waals surface area contributed by atoms with E-state index in [4.69, 9.17) is 0 Å². The van der Waals surface area contributed by atoms with Gasteiger partial charge in [0, 0.05) is 61.1 Å². The van der Waals surface area contributed by atoms with Gasteiger partial charge >= 0.3 is 0 Å². The molecule has 3 aromatic carbocycles. The Labute approximate surface area is 242 Å². The molecule has 0 spiro atoms. The Balaban J connectivity index is 1.13. The second kappa shape index (κ2) is 11.9. The summed E-state index contributed by atoms with van der Waals surface area (Å²) in [5.41, 5.74) is 5.36. The Hall–Kier alpha value is -4.50. The van der Waals surface area contributed by atoms with Crippen molar-refractivity contribution in [3.8, 4) is 17.1 Å². The predicted octanol–water partition coefficient (Wildman–Crippen LogP) is 6.03. The molecule has 5 aromatic rings. The second-order valence-corrected chi connectivity index (χ2v) is 10.9. The van der Waals surface area contributed by atoms with Crippen molar-refractivity contribution in [2.75, 3.05) is 31.1 Å². The van der Waals surface area contributed by atoms with Gasteiger partial charge in [0.05, 0.1) is 5.69 Å². The van der Waals surface area contributed by atoms with E-state index in [-0.39, 0.29) is 11.7 Å². The SMILES string of the molecule is Cc1cccc(-n2c(SCc3ccc(C(=O)N4CCN(c5ccccc5F)CC4)cc3)nnc2-c2cccnc2)c1. The van der Waals surface area contributed by atoms with Gasteiger partial charge in [0.15, 0.2) is 11.0 Å². The number of benzene rings is 3. The average molecular weight is 565 g/mol. The number of aromatic nitrogens is 4. The lowest BCUT2D eigenvalue weighted by atomic mass is 10.1. The third kappa shape index (κ3) is 5.85. The van der Waals surface area contributed by atoms with Gasteiger partial charge in [-0.25, -0.2) is 4.39 Å². The zero-order valence-corrected chi connectivity index (χ0v) is 23.5. The third-order valence-electron chi connectivity index (χ3n) is 7.14. The standard InChI is InChI=1S/C32H29FN6OS/c1-23-6-4-8-27(20-23)39-30(26-7-5-15-34-21-26)35-36-32(39)41-22-24-11-13-25(14-12-24)31(40)38-18-16-37(17-19-38)29-10-3-2-9-28(29)33/h2-15,20-21H,16-19,22H2,1H3. The van der Waals surface area contributed by atoms with E-state index >= 15 is 0 Å². The van der Waals surface area contributed by atoms with Crippen molar-refractivity contribution in [1.82, 2.24) is 24.6 Å². The molecular formula is C32H29FN6OS. The van der Waals surface area contributed by atoms with Gasteiger partial charge in [0.25, 0.3) is 5.91 Å². The summed E-state index contributed by atoms with van der Waals surface area (Å²) in [6.45, 7) is 4.38. The number of halogens is 1. The summed E-state index contributed by atoms with van der Waals surface area (Å²) in [5.74, 6) is 1.18. The first-order valence-electron chi connectivity index (χ1n) is 13.5. The first-order valence-corrected chi connectivity index (χ1v) is 14.5. The molecule has 0 unspecified atom stereocenters. The molecule has 3 heterocycles. The van der Waals surface area contributed by atoms with Crippen LogP contribution in [0.5, 0.6) is 0 Å². The maximum Gasteiger partial charge on any atom is 0.253 e. The van der Waals surface area contributed by atoms with Crippen molar-refractivity contribution < 1.29 is 9.18 Å². The molecule has 1 saturated heterocycles. The summed E-state index contributed by atoms with van der Waals surface area (Å²) in [6, 6.07) is 26.7. The smallest absolute Gasteiger partial charge is 0.253 e. The van der Waals surface area contributed by atoms with Crippen LogP contribution in [0, 0.1) is 12.7 Å². The molecule has 0 radical (unpaired) electrons. The van der Waals surface area contributed by atoms with Crippen molar-refractivity contribution in [2.45, 2.75) is 17.8 Å². The number of para-hydroxylation sites is 1. The minimum atomic E-state index is -0.230.